The monoisotopic (exact) mass is 423 g/mol. The molecule has 4 rings (SSSR count). The van der Waals surface area contributed by atoms with Crippen LogP contribution in [0.25, 0.3) is 22.0 Å². The van der Waals surface area contributed by atoms with E-state index in [4.69, 9.17) is 27.9 Å². The fraction of sp³-hybridized carbons (Fsp3) is 0.0455. The maximum absolute atomic E-state index is 12.5. The van der Waals surface area contributed by atoms with Gasteiger partial charge < -0.3 is 10.1 Å². The van der Waals surface area contributed by atoms with Crippen LogP contribution in [0.3, 0.4) is 0 Å². The van der Waals surface area contributed by atoms with Gasteiger partial charge in [0.1, 0.15) is 6.33 Å². The van der Waals surface area contributed by atoms with Gasteiger partial charge in [-0.3, -0.25) is 4.79 Å². The zero-order valence-corrected chi connectivity index (χ0v) is 16.6. The van der Waals surface area contributed by atoms with Crippen molar-refractivity contribution in [1.82, 2.24) is 9.97 Å². The van der Waals surface area contributed by atoms with E-state index in [1.54, 1.807) is 12.1 Å². The van der Waals surface area contributed by atoms with Gasteiger partial charge in [0.25, 0.3) is 5.91 Å². The lowest BCUT2D eigenvalue weighted by atomic mass is 10.0. The van der Waals surface area contributed by atoms with E-state index in [0.717, 1.165) is 11.1 Å². The second-order valence-electron chi connectivity index (χ2n) is 6.21. The van der Waals surface area contributed by atoms with Gasteiger partial charge in [-0.2, -0.15) is 0 Å². The summed E-state index contributed by atoms with van der Waals surface area (Å²) in [5.41, 5.74) is 3.14. The standard InChI is InChI=1S/C22H15Cl2N3O2/c23-15-10-17-21(18(24)11-15)25-13-26-22(17)29-12-20(28)27-19-9-5-4-8-16(19)14-6-2-1-3-7-14/h1-11,13H,12H2,(H,27,28). The number of hydrogen-bond donors (Lipinski definition) is 1. The molecule has 0 aliphatic carbocycles. The zero-order valence-electron chi connectivity index (χ0n) is 15.1. The lowest BCUT2D eigenvalue weighted by Crippen LogP contribution is -2.21. The molecule has 0 unspecified atom stereocenters. The fourth-order valence-corrected chi connectivity index (χ4v) is 3.51. The van der Waals surface area contributed by atoms with E-state index in [1.165, 1.54) is 6.33 Å². The number of benzene rings is 3. The summed E-state index contributed by atoms with van der Waals surface area (Å²) in [4.78, 5) is 20.8. The van der Waals surface area contributed by atoms with Crippen molar-refractivity contribution in [2.75, 3.05) is 11.9 Å². The van der Waals surface area contributed by atoms with E-state index in [2.05, 4.69) is 15.3 Å². The molecule has 0 saturated heterocycles. The van der Waals surface area contributed by atoms with Crippen LogP contribution in [0, 0.1) is 0 Å². The highest BCUT2D eigenvalue weighted by atomic mass is 35.5. The Hall–Kier alpha value is -3.15. The van der Waals surface area contributed by atoms with E-state index in [1.807, 2.05) is 54.6 Å². The van der Waals surface area contributed by atoms with E-state index in [0.29, 0.717) is 26.6 Å². The van der Waals surface area contributed by atoms with Gasteiger partial charge >= 0.3 is 0 Å². The van der Waals surface area contributed by atoms with Crippen molar-refractivity contribution >= 4 is 45.7 Å². The number of anilines is 1. The number of halogens is 2. The van der Waals surface area contributed by atoms with Crippen LogP contribution in [-0.2, 0) is 4.79 Å². The summed E-state index contributed by atoms with van der Waals surface area (Å²) in [6.07, 6.45) is 1.33. The predicted molar refractivity (Wildman–Crippen MR) is 116 cm³/mol. The molecule has 1 N–H and O–H groups in total. The number of nitrogens with one attached hydrogen (secondary N) is 1. The minimum atomic E-state index is -0.312. The number of ether oxygens (including phenoxy) is 1. The number of fused-ring (bicyclic) bond motifs is 1. The van der Waals surface area contributed by atoms with Crippen molar-refractivity contribution in [2.24, 2.45) is 0 Å². The molecule has 0 aliphatic rings. The Bertz CT molecular complexity index is 1180. The molecule has 3 aromatic carbocycles. The molecule has 29 heavy (non-hydrogen) atoms. The topological polar surface area (TPSA) is 64.1 Å². The number of amides is 1. The second-order valence-corrected chi connectivity index (χ2v) is 7.05. The Morgan fingerprint density at radius 3 is 2.55 bits per heavy atom. The lowest BCUT2D eigenvalue weighted by molar-refractivity contribution is -0.118. The summed E-state index contributed by atoms with van der Waals surface area (Å²) in [7, 11) is 0. The minimum absolute atomic E-state index is 0.223. The third-order valence-corrected chi connectivity index (χ3v) is 4.75. The maximum atomic E-state index is 12.5. The van der Waals surface area contributed by atoms with Gasteiger partial charge in [0.15, 0.2) is 6.61 Å². The highest BCUT2D eigenvalue weighted by Crippen LogP contribution is 2.31. The Morgan fingerprint density at radius 1 is 0.966 bits per heavy atom. The summed E-state index contributed by atoms with van der Waals surface area (Å²) >= 11 is 12.2. The van der Waals surface area contributed by atoms with Gasteiger partial charge in [0, 0.05) is 16.3 Å². The van der Waals surface area contributed by atoms with Crippen molar-refractivity contribution in [3.8, 4) is 17.0 Å². The van der Waals surface area contributed by atoms with E-state index in [9.17, 15) is 4.79 Å². The lowest BCUT2D eigenvalue weighted by Gasteiger charge is -2.12. The largest absolute Gasteiger partial charge is 0.467 e. The van der Waals surface area contributed by atoms with E-state index in [-0.39, 0.29) is 18.4 Å². The highest BCUT2D eigenvalue weighted by molar-refractivity contribution is 6.38. The van der Waals surface area contributed by atoms with Gasteiger partial charge in [-0.1, -0.05) is 71.7 Å². The smallest absolute Gasteiger partial charge is 0.262 e. The Kier molecular flexibility index (Phi) is 5.60. The fourth-order valence-electron chi connectivity index (χ4n) is 2.97. The van der Waals surface area contributed by atoms with Crippen LogP contribution < -0.4 is 10.1 Å². The first-order valence-corrected chi connectivity index (χ1v) is 9.54. The normalized spacial score (nSPS) is 10.7. The van der Waals surface area contributed by atoms with Crippen molar-refractivity contribution in [2.45, 2.75) is 0 Å². The van der Waals surface area contributed by atoms with Crippen molar-refractivity contribution in [3.63, 3.8) is 0 Å². The van der Waals surface area contributed by atoms with Crippen molar-refractivity contribution in [3.05, 3.63) is 83.1 Å². The summed E-state index contributed by atoms with van der Waals surface area (Å²) in [6, 6.07) is 20.7. The molecule has 0 atom stereocenters. The third kappa shape index (κ3) is 4.31. The number of carbonyl (C=O) groups is 1. The molecule has 0 aliphatic heterocycles. The van der Waals surface area contributed by atoms with E-state index >= 15 is 0 Å². The molecule has 0 saturated carbocycles. The summed E-state index contributed by atoms with van der Waals surface area (Å²) in [6.45, 7) is -0.223. The number of hydrogen-bond acceptors (Lipinski definition) is 4. The molecule has 144 valence electrons. The summed E-state index contributed by atoms with van der Waals surface area (Å²) in [5.74, 6) is -0.0702. The predicted octanol–water partition coefficient (Wildman–Crippen LogP) is 5.62. The Labute approximate surface area is 177 Å². The van der Waals surface area contributed by atoms with E-state index < -0.39 is 0 Å². The molecule has 0 spiro atoms. The number of aromatic nitrogens is 2. The summed E-state index contributed by atoms with van der Waals surface area (Å²) in [5, 5.41) is 4.26. The van der Waals surface area contributed by atoms with Gasteiger partial charge in [0.05, 0.1) is 15.9 Å². The first kappa shape index (κ1) is 19.2. The molecule has 0 fully saturated rings. The summed E-state index contributed by atoms with van der Waals surface area (Å²) < 4.78 is 5.63. The number of carbonyl (C=O) groups excluding carboxylic acids is 1. The maximum Gasteiger partial charge on any atom is 0.262 e. The number of rotatable bonds is 5. The Balaban J connectivity index is 1.52. The van der Waals surface area contributed by atoms with Crippen LogP contribution in [0.5, 0.6) is 5.88 Å². The van der Waals surface area contributed by atoms with Crippen LogP contribution in [0.4, 0.5) is 5.69 Å². The van der Waals surface area contributed by atoms with Gasteiger partial charge in [-0.25, -0.2) is 9.97 Å². The van der Waals surface area contributed by atoms with Gasteiger partial charge in [-0.15, -0.1) is 0 Å². The van der Waals surface area contributed by atoms with Crippen LogP contribution in [0.1, 0.15) is 0 Å². The first-order chi connectivity index (χ1) is 14.1. The van der Waals surface area contributed by atoms with Crippen LogP contribution >= 0.6 is 23.2 Å². The van der Waals surface area contributed by atoms with Crippen LogP contribution in [0.15, 0.2) is 73.1 Å². The second kappa shape index (κ2) is 8.47. The molecule has 1 aromatic heterocycles. The quantitative estimate of drug-likeness (QED) is 0.452. The molecule has 5 nitrogen and oxygen atoms in total. The molecular formula is C22H15Cl2N3O2. The molecule has 1 amide bonds. The molecule has 0 bridgehead atoms. The van der Waals surface area contributed by atoms with Crippen molar-refractivity contribution in [1.29, 1.82) is 0 Å². The van der Waals surface area contributed by atoms with Gasteiger partial charge in [-0.05, 0) is 23.8 Å². The SMILES string of the molecule is O=C(COc1ncnc2c(Cl)cc(Cl)cc12)Nc1ccccc1-c1ccccc1. The van der Waals surface area contributed by atoms with Crippen LogP contribution in [0.2, 0.25) is 10.0 Å². The first-order valence-electron chi connectivity index (χ1n) is 8.78. The third-order valence-electron chi connectivity index (χ3n) is 4.25. The van der Waals surface area contributed by atoms with Crippen molar-refractivity contribution < 1.29 is 9.53 Å². The minimum Gasteiger partial charge on any atom is -0.467 e. The number of nitrogens with zero attached hydrogens (tertiary/aromatic N) is 2. The molecule has 4 aromatic rings. The van der Waals surface area contributed by atoms with Crippen LogP contribution in [-0.4, -0.2) is 22.5 Å². The number of para-hydroxylation sites is 1. The molecule has 1 heterocycles. The Morgan fingerprint density at radius 2 is 1.72 bits per heavy atom. The zero-order chi connectivity index (χ0) is 20.2. The average Bonchev–Trinajstić information content (AvgIpc) is 2.73. The average molecular weight is 424 g/mol. The molecule has 0 radical (unpaired) electrons. The molecule has 7 heteroatoms. The van der Waals surface area contributed by atoms with Gasteiger partial charge in [0.2, 0.25) is 5.88 Å². The highest BCUT2D eigenvalue weighted by Gasteiger charge is 2.13. The molecular weight excluding hydrogens is 409 g/mol.